The fourth-order valence-electron chi connectivity index (χ4n) is 4.31. The molecule has 4 atom stereocenters. The topological polar surface area (TPSA) is 120 Å². The third-order valence-corrected chi connectivity index (χ3v) is 7.28. The standard InChI is InChI=1S/C24H23ClF3N5O4S/c1-14-12-31(14)32(38(36)37)13-21(34)33(18-7-15(11-29)6-16(26)8-18)22(19-4-2-3-5-20(19)25)23(35)30-17-9-24(27,28)10-17/h2-8,14,17,22H,9-10,12-13H2,1H3,(H,30,35)(H,36,37)/p-1/t14-,22?,31?/m0/s1. The zero-order chi connectivity index (χ0) is 27.8. The van der Waals surface area contributed by atoms with Crippen molar-refractivity contribution < 1.29 is 31.5 Å². The van der Waals surface area contributed by atoms with Crippen molar-refractivity contribution in [1.82, 2.24) is 14.7 Å². The molecule has 2 aromatic carbocycles. The number of hydrogen-bond donors (Lipinski definition) is 1. The smallest absolute Gasteiger partial charge is 0.252 e. The molecule has 0 spiro atoms. The van der Waals surface area contributed by atoms with Gasteiger partial charge in [-0.1, -0.05) is 29.8 Å². The van der Waals surface area contributed by atoms with Gasteiger partial charge in [0.15, 0.2) is 0 Å². The molecule has 2 aliphatic rings. The number of carbonyl (C=O) groups is 2. The Morgan fingerprint density at radius 3 is 2.53 bits per heavy atom. The quantitative estimate of drug-likeness (QED) is 0.367. The van der Waals surface area contributed by atoms with Gasteiger partial charge in [0, 0.05) is 59.0 Å². The molecule has 0 bridgehead atoms. The van der Waals surface area contributed by atoms with Gasteiger partial charge in [-0.15, -0.1) is 0 Å². The van der Waals surface area contributed by atoms with Crippen LogP contribution in [0.2, 0.25) is 5.02 Å². The normalized spacial score (nSPS) is 21.6. The van der Waals surface area contributed by atoms with Crippen LogP contribution >= 0.6 is 11.6 Å². The van der Waals surface area contributed by atoms with Crippen LogP contribution in [0.1, 0.15) is 36.9 Å². The highest BCUT2D eigenvalue weighted by molar-refractivity contribution is 7.76. The SMILES string of the molecule is C[C@H]1CN1N(CC(=O)N(c1cc(F)cc(C#N)c1)C(C(=O)NC1CC(F)(F)C1)c1ccccc1Cl)S(=O)[O-]. The molecule has 3 unspecified atom stereocenters. The Bertz CT molecular complexity index is 1320. The summed E-state index contributed by atoms with van der Waals surface area (Å²) in [4.78, 5) is 28.2. The number of rotatable bonds is 9. The molecule has 38 heavy (non-hydrogen) atoms. The van der Waals surface area contributed by atoms with E-state index in [0.29, 0.717) is 6.54 Å². The summed E-state index contributed by atoms with van der Waals surface area (Å²) in [5.74, 6) is -5.66. The molecule has 1 saturated heterocycles. The second-order valence-corrected chi connectivity index (χ2v) is 10.4. The monoisotopic (exact) mass is 568 g/mol. The van der Waals surface area contributed by atoms with Gasteiger partial charge in [-0.2, -0.15) is 9.68 Å². The summed E-state index contributed by atoms with van der Waals surface area (Å²) in [5, 5.41) is 13.3. The minimum atomic E-state index is -2.94. The van der Waals surface area contributed by atoms with Crippen molar-refractivity contribution in [3.05, 3.63) is 64.4 Å². The molecule has 1 saturated carbocycles. The molecular formula is C24H22ClF3N5O4S-. The molecule has 1 heterocycles. The number of halogens is 4. The Kier molecular flexibility index (Phi) is 8.10. The fraction of sp³-hybridized carbons (Fsp3) is 0.375. The highest BCUT2D eigenvalue weighted by Gasteiger charge is 2.47. The minimum Gasteiger partial charge on any atom is -0.759 e. The molecule has 0 aromatic heterocycles. The summed E-state index contributed by atoms with van der Waals surface area (Å²) in [7, 11) is 0. The van der Waals surface area contributed by atoms with Crippen LogP contribution in [0.25, 0.3) is 0 Å². The summed E-state index contributed by atoms with van der Waals surface area (Å²) in [5.41, 5.74) is -0.302. The lowest BCUT2D eigenvalue weighted by atomic mass is 9.87. The lowest BCUT2D eigenvalue weighted by Crippen LogP contribution is -2.55. The number of hydrogen-bond acceptors (Lipinski definition) is 6. The number of nitrogens with zero attached hydrogens (tertiary/aromatic N) is 4. The van der Waals surface area contributed by atoms with Crippen molar-refractivity contribution in [1.29, 1.82) is 5.26 Å². The van der Waals surface area contributed by atoms with Crippen LogP contribution in [0, 0.1) is 17.1 Å². The van der Waals surface area contributed by atoms with Crippen LogP contribution in [0.4, 0.5) is 18.9 Å². The van der Waals surface area contributed by atoms with Crippen LogP contribution in [0.3, 0.4) is 0 Å². The van der Waals surface area contributed by atoms with Gasteiger partial charge in [0.05, 0.1) is 11.6 Å². The molecule has 1 aliphatic carbocycles. The molecular weight excluding hydrogens is 547 g/mol. The lowest BCUT2D eigenvalue weighted by molar-refractivity contribution is -0.133. The molecule has 1 aliphatic heterocycles. The number of anilines is 1. The third-order valence-electron chi connectivity index (χ3n) is 6.26. The van der Waals surface area contributed by atoms with Crippen molar-refractivity contribution in [2.75, 3.05) is 18.0 Å². The highest BCUT2D eigenvalue weighted by atomic mass is 35.5. The number of carbonyl (C=O) groups excluding carboxylic acids is 2. The van der Waals surface area contributed by atoms with Gasteiger partial charge in [0.1, 0.15) is 18.4 Å². The lowest BCUT2D eigenvalue weighted by Gasteiger charge is -2.38. The van der Waals surface area contributed by atoms with Crippen LogP contribution in [-0.2, 0) is 20.9 Å². The Hall–Kier alpha value is -3.02. The first-order valence-corrected chi connectivity index (χ1v) is 12.9. The predicted molar refractivity (Wildman–Crippen MR) is 131 cm³/mol. The first kappa shape index (κ1) is 28.0. The molecule has 1 N–H and O–H groups in total. The first-order valence-electron chi connectivity index (χ1n) is 11.5. The summed E-state index contributed by atoms with van der Waals surface area (Å²) in [6, 6.07) is 8.09. The number of benzene rings is 2. The Morgan fingerprint density at radius 1 is 1.32 bits per heavy atom. The molecule has 202 valence electrons. The number of amides is 2. The van der Waals surface area contributed by atoms with Crippen molar-refractivity contribution in [2.24, 2.45) is 0 Å². The summed E-state index contributed by atoms with van der Waals surface area (Å²) >= 11 is 3.52. The van der Waals surface area contributed by atoms with E-state index in [4.69, 9.17) is 11.6 Å². The molecule has 0 radical (unpaired) electrons. The first-order chi connectivity index (χ1) is 17.9. The van der Waals surface area contributed by atoms with E-state index in [2.05, 4.69) is 5.32 Å². The molecule has 4 rings (SSSR count). The predicted octanol–water partition coefficient (Wildman–Crippen LogP) is 3.05. The number of hydrazine groups is 1. The van der Waals surface area contributed by atoms with Gasteiger partial charge in [-0.05, 0) is 31.2 Å². The van der Waals surface area contributed by atoms with E-state index in [1.165, 1.54) is 23.2 Å². The molecule has 2 fully saturated rings. The van der Waals surface area contributed by atoms with Crippen molar-refractivity contribution in [3.8, 4) is 6.07 Å². The molecule has 14 heteroatoms. The van der Waals surface area contributed by atoms with Gasteiger partial charge in [0.25, 0.3) is 5.92 Å². The van der Waals surface area contributed by atoms with Crippen LogP contribution < -0.4 is 10.2 Å². The van der Waals surface area contributed by atoms with E-state index >= 15 is 0 Å². The average Bonchev–Trinajstić information content (AvgIpc) is 3.55. The second kappa shape index (κ2) is 11.0. The summed E-state index contributed by atoms with van der Waals surface area (Å²) < 4.78 is 66.0. The van der Waals surface area contributed by atoms with E-state index in [9.17, 15) is 36.8 Å². The van der Waals surface area contributed by atoms with Crippen LogP contribution in [-0.4, -0.2) is 61.1 Å². The third kappa shape index (κ3) is 6.16. The highest BCUT2D eigenvalue weighted by Crippen LogP contribution is 2.39. The summed E-state index contributed by atoms with van der Waals surface area (Å²) in [6.45, 7) is 1.35. The van der Waals surface area contributed by atoms with Crippen LogP contribution in [0.5, 0.6) is 0 Å². The maximum Gasteiger partial charge on any atom is 0.252 e. The Labute approximate surface area is 224 Å². The van der Waals surface area contributed by atoms with E-state index in [1.807, 2.05) is 0 Å². The van der Waals surface area contributed by atoms with E-state index < -0.39 is 66.3 Å². The van der Waals surface area contributed by atoms with E-state index in [0.717, 1.165) is 27.5 Å². The Balaban J connectivity index is 1.80. The zero-order valence-electron chi connectivity index (χ0n) is 19.9. The zero-order valence-corrected chi connectivity index (χ0v) is 21.5. The molecule has 2 amide bonds. The van der Waals surface area contributed by atoms with Gasteiger partial charge >= 0.3 is 0 Å². The molecule has 9 nitrogen and oxygen atoms in total. The number of nitriles is 1. The largest absolute Gasteiger partial charge is 0.759 e. The van der Waals surface area contributed by atoms with E-state index in [1.54, 1.807) is 19.1 Å². The maximum absolute atomic E-state index is 14.5. The van der Waals surface area contributed by atoms with Crippen molar-refractivity contribution in [3.63, 3.8) is 0 Å². The Morgan fingerprint density at radius 2 is 1.97 bits per heavy atom. The maximum atomic E-state index is 14.5. The average molecular weight is 569 g/mol. The van der Waals surface area contributed by atoms with Gasteiger partial charge in [-0.25, -0.2) is 18.2 Å². The van der Waals surface area contributed by atoms with Crippen molar-refractivity contribution >= 4 is 40.4 Å². The van der Waals surface area contributed by atoms with Crippen molar-refractivity contribution in [2.45, 2.75) is 43.8 Å². The number of alkyl halides is 2. The summed E-state index contributed by atoms with van der Waals surface area (Å²) in [6.07, 6.45) is -1.20. The van der Waals surface area contributed by atoms with Gasteiger partial charge < -0.3 is 9.87 Å². The van der Waals surface area contributed by atoms with Gasteiger partial charge in [0.2, 0.25) is 11.8 Å². The molecule has 2 aromatic rings. The van der Waals surface area contributed by atoms with Gasteiger partial charge in [-0.3, -0.25) is 18.7 Å². The second-order valence-electron chi connectivity index (χ2n) is 9.17. The minimum absolute atomic E-state index is 0.0464. The fourth-order valence-corrected chi connectivity index (χ4v) is 5.16. The van der Waals surface area contributed by atoms with E-state index in [-0.39, 0.29) is 27.9 Å². The van der Waals surface area contributed by atoms with Crippen LogP contribution in [0.15, 0.2) is 42.5 Å². The number of nitrogens with one attached hydrogen (secondary N) is 1.